The average molecular weight is 349 g/mol. The summed E-state index contributed by atoms with van der Waals surface area (Å²) in [4.78, 5) is 17.4. The van der Waals surface area contributed by atoms with Crippen LogP contribution in [0.1, 0.15) is 48.9 Å². The fraction of sp³-hybridized carbons (Fsp3) is 0.381. The first-order valence-corrected chi connectivity index (χ1v) is 9.00. The van der Waals surface area contributed by atoms with Crippen molar-refractivity contribution in [3.63, 3.8) is 0 Å². The molecular weight excluding hydrogens is 326 g/mol. The third-order valence-corrected chi connectivity index (χ3v) is 5.06. The Morgan fingerprint density at radius 3 is 2.58 bits per heavy atom. The van der Waals surface area contributed by atoms with Gasteiger partial charge in [0.2, 0.25) is 0 Å². The molecule has 1 aliphatic rings. The molecule has 0 saturated heterocycles. The smallest absolute Gasteiger partial charge is 0.166 e. The SMILES string of the molecule is CCc1nn2cc3c(nc2c1-c1ccc(OC)cc1)CC(C)(C)CC3=O. The Bertz CT molecular complexity index is 1000. The summed E-state index contributed by atoms with van der Waals surface area (Å²) in [5.41, 5.74) is 5.44. The number of Topliss-reactive ketones (excluding diaryl/α,β-unsaturated/α-hetero) is 1. The molecule has 26 heavy (non-hydrogen) atoms. The van der Waals surface area contributed by atoms with Crippen LogP contribution >= 0.6 is 0 Å². The maximum absolute atomic E-state index is 12.6. The Morgan fingerprint density at radius 1 is 1.19 bits per heavy atom. The number of benzene rings is 1. The predicted octanol–water partition coefficient (Wildman–Crippen LogP) is 4.12. The van der Waals surface area contributed by atoms with Crippen LogP contribution in [-0.4, -0.2) is 27.5 Å². The van der Waals surface area contributed by atoms with Crippen LogP contribution in [0.5, 0.6) is 5.75 Å². The molecule has 0 saturated carbocycles. The van der Waals surface area contributed by atoms with Gasteiger partial charge >= 0.3 is 0 Å². The number of hydrogen-bond acceptors (Lipinski definition) is 4. The largest absolute Gasteiger partial charge is 0.497 e. The molecular formula is C21H23N3O2. The summed E-state index contributed by atoms with van der Waals surface area (Å²) in [6, 6.07) is 7.96. The van der Waals surface area contributed by atoms with Gasteiger partial charge in [0.15, 0.2) is 11.4 Å². The molecule has 0 amide bonds. The first-order chi connectivity index (χ1) is 12.4. The highest BCUT2D eigenvalue weighted by Crippen LogP contribution is 2.36. The second kappa shape index (κ2) is 5.94. The number of carbonyl (C=O) groups is 1. The Balaban J connectivity index is 1.93. The minimum atomic E-state index is -0.0523. The maximum atomic E-state index is 12.6. The summed E-state index contributed by atoms with van der Waals surface area (Å²) in [5.74, 6) is 0.978. The summed E-state index contributed by atoms with van der Waals surface area (Å²) in [7, 11) is 1.66. The Labute approximate surface area is 153 Å². The number of aromatic nitrogens is 3. The maximum Gasteiger partial charge on any atom is 0.166 e. The fourth-order valence-electron chi connectivity index (χ4n) is 3.77. The molecule has 134 valence electrons. The van der Waals surface area contributed by atoms with Gasteiger partial charge in [0.05, 0.1) is 24.1 Å². The van der Waals surface area contributed by atoms with E-state index in [0.29, 0.717) is 12.0 Å². The molecule has 2 heterocycles. The van der Waals surface area contributed by atoms with E-state index in [-0.39, 0.29) is 11.2 Å². The lowest BCUT2D eigenvalue weighted by atomic mass is 9.76. The number of hydrogen-bond donors (Lipinski definition) is 0. The molecule has 0 atom stereocenters. The first-order valence-electron chi connectivity index (χ1n) is 9.00. The summed E-state index contributed by atoms with van der Waals surface area (Å²) in [6.45, 7) is 6.33. The van der Waals surface area contributed by atoms with Crippen LogP contribution in [0.3, 0.4) is 0 Å². The lowest BCUT2D eigenvalue weighted by Crippen LogP contribution is -2.28. The molecule has 0 aliphatic heterocycles. The minimum Gasteiger partial charge on any atom is -0.497 e. The minimum absolute atomic E-state index is 0.0523. The van der Waals surface area contributed by atoms with Gasteiger partial charge in [-0.1, -0.05) is 32.9 Å². The average Bonchev–Trinajstić information content (AvgIpc) is 2.97. The molecule has 0 N–H and O–H groups in total. The topological polar surface area (TPSA) is 56.5 Å². The molecule has 1 aromatic carbocycles. The van der Waals surface area contributed by atoms with Gasteiger partial charge in [-0.2, -0.15) is 5.10 Å². The molecule has 0 radical (unpaired) electrons. The van der Waals surface area contributed by atoms with Gasteiger partial charge in [0.25, 0.3) is 0 Å². The second-order valence-electron chi connectivity index (χ2n) is 7.71. The summed E-state index contributed by atoms with van der Waals surface area (Å²) < 4.78 is 7.04. The summed E-state index contributed by atoms with van der Waals surface area (Å²) in [5, 5.41) is 4.70. The number of ketones is 1. The highest BCUT2D eigenvalue weighted by atomic mass is 16.5. The van der Waals surface area contributed by atoms with Gasteiger partial charge in [0.1, 0.15) is 5.75 Å². The lowest BCUT2D eigenvalue weighted by molar-refractivity contribution is 0.0909. The highest BCUT2D eigenvalue weighted by molar-refractivity contribution is 5.99. The quantitative estimate of drug-likeness (QED) is 0.714. The molecule has 5 nitrogen and oxygen atoms in total. The van der Waals surface area contributed by atoms with E-state index in [9.17, 15) is 4.79 Å². The molecule has 5 heteroatoms. The van der Waals surface area contributed by atoms with Crippen molar-refractivity contribution in [3.8, 4) is 16.9 Å². The fourth-order valence-corrected chi connectivity index (χ4v) is 3.77. The number of rotatable bonds is 3. The van der Waals surface area contributed by atoms with Gasteiger partial charge in [0, 0.05) is 18.2 Å². The predicted molar refractivity (Wildman–Crippen MR) is 101 cm³/mol. The third-order valence-electron chi connectivity index (χ3n) is 5.06. The van der Waals surface area contributed by atoms with Crippen LogP contribution in [-0.2, 0) is 12.8 Å². The zero-order valence-corrected chi connectivity index (χ0v) is 15.7. The van der Waals surface area contributed by atoms with Crippen molar-refractivity contribution in [2.45, 2.75) is 40.0 Å². The molecule has 4 rings (SSSR count). The van der Waals surface area contributed by atoms with Gasteiger partial charge in [-0.3, -0.25) is 4.79 Å². The van der Waals surface area contributed by atoms with E-state index in [1.807, 2.05) is 30.5 Å². The monoisotopic (exact) mass is 349 g/mol. The molecule has 0 unspecified atom stereocenters. The Hall–Kier alpha value is -2.69. The number of nitrogens with zero attached hydrogens (tertiary/aromatic N) is 3. The molecule has 0 fully saturated rings. The van der Waals surface area contributed by atoms with E-state index in [0.717, 1.165) is 46.8 Å². The number of carbonyl (C=O) groups excluding carboxylic acids is 1. The zero-order chi connectivity index (χ0) is 18.5. The van der Waals surface area contributed by atoms with Crippen LogP contribution in [0.25, 0.3) is 16.8 Å². The van der Waals surface area contributed by atoms with Crippen LogP contribution in [0.4, 0.5) is 0 Å². The first kappa shape index (κ1) is 16.8. The third kappa shape index (κ3) is 2.68. The van der Waals surface area contributed by atoms with Gasteiger partial charge in [-0.25, -0.2) is 9.50 Å². The molecule has 3 aromatic rings. The Kier molecular flexibility index (Phi) is 3.83. The van der Waals surface area contributed by atoms with Crippen molar-refractivity contribution in [1.29, 1.82) is 0 Å². The zero-order valence-electron chi connectivity index (χ0n) is 15.7. The van der Waals surface area contributed by atoms with Crippen LogP contribution in [0.2, 0.25) is 0 Å². The van der Waals surface area contributed by atoms with E-state index in [1.54, 1.807) is 11.6 Å². The van der Waals surface area contributed by atoms with Crippen molar-refractivity contribution in [3.05, 3.63) is 47.4 Å². The van der Waals surface area contributed by atoms with E-state index in [1.165, 1.54) is 0 Å². The van der Waals surface area contributed by atoms with Gasteiger partial charge in [-0.15, -0.1) is 0 Å². The van der Waals surface area contributed by atoms with Crippen LogP contribution < -0.4 is 4.74 Å². The van der Waals surface area contributed by atoms with E-state index in [2.05, 4.69) is 20.8 Å². The van der Waals surface area contributed by atoms with Crippen molar-refractivity contribution in [1.82, 2.24) is 14.6 Å². The van der Waals surface area contributed by atoms with E-state index >= 15 is 0 Å². The standard InChI is InChI=1S/C21H23N3O2/c1-5-16-19(13-6-8-14(26-4)9-7-13)20-22-17-10-21(2,3)11-18(25)15(17)12-24(20)23-16/h6-9,12H,5,10-11H2,1-4H3. The number of fused-ring (bicyclic) bond motifs is 2. The highest BCUT2D eigenvalue weighted by Gasteiger charge is 2.33. The Morgan fingerprint density at radius 2 is 1.92 bits per heavy atom. The molecule has 2 aromatic heterocycles. The summed E-state index contributed by atoms with van der Waals surface area (Å²) in [6.07, 6.45) is 4.02. The number of ether oxygens (including phenoxy) is 1. The van der Waals surface area contributed by atoms with Crippen molar-refractivity contribution < 1.29 is 9.53 Å². The van der Waals surface area contributed by atoms with E-state index < -0.39 is 0 Å². The second-order valence-corrected chi connectivity index (χ2v) is 7.71. The van der Waals surface area contributed by atoms with E-state index in [4.69, 9.17) is 14.8 Å². The van der Waals surface area contributed by atoms with Crippen molar-refractivity contribution in [2.24, 2.45) is 5.41 Å². The van der Waals surface area contributed by atoms with Gasteiger partial charge < -0.3 is 4.74 Å². The molecule has 0 bridgehead atoms. The number of aryl methyl sites for hydroxylation is 1. The van der Waals surface area contributed by atoms with Gasteiger partial charge in [-0.05, 0) is 36.0 Å². The normalized spacial score (nSPS) is 15.9. The van der Waals surface area contributed by atoms with Crippen LogP contribution in [0, 0.1) is 5.41 Å². The molecule has 0 spiro atoms. The van der Waals surface area contributed by atoms with Crippen LogP contribution in [0.15, 0.2) is 30.5 Å². The molecule has 1 aliphatic carbocycles. The van der Waals surface area contributed by atoms with Crippen molar-refractivity contribution in [2.75, 3.05) is 7.11 Å². The summed E-state index contributed by atoms with van der Waals surface area (Å²) >= 11 is 0. The lowest BCUT2D eigenvalue weighted by Gasteiger charge is -2.29. The number of methoxy groups -OCH3 is 1. The van der Waals surface area contributed by atoms with Crippen molar-refractivity contribution >= 4 is 11.4 Å².